The van der Waals surface area contributed by atoms with Gasteiger partial charge in [0, 0.05) is 12.6 Å². The van der Waals surface area contributed by atoms with Gasteiger partial charge in [-0.25, -0.2) is 0 Å². The van der Waals surface area contributed by atoms with E-state index in [0.29, 0.717) is 19.2 Å². The highest BCUT2D eigenvalue weighted by atomic mass is 16.5. The van der Waals surface area contributed by atoms with E-state index in [1.807, 2.05) is 30.3 Å². The number of benzene rings is 1. The monoisotopic (exact) mass is 247 g/mol. The Hall–Kier alpha value is -1.32. The van der Waals surface area contributed by atoms with Crippen molar-refractivity contribution in [1.29, 1.82) is 0 Å². The highest BCUT2D eigenvalue weighted by molar-refractivity contribution is 5.34. The smallest absolute Gasteiger partial charge is 0.122 e. The van der Waals surface area contributed by atoms with E-state index in [1.54, 1.807) is 0 Å². The number of allylic oxidation sites excluding steroid dienone is 1. The lowest BCUT2D eigenvalue weighted by atomic mass is 10.1. The first-order valence-corrected chi connectivity index (χ1v) is 6.52. The van der Waals surface area contributed by atoms with Gasteiger partial charge in [-0.15, -0.1) is 6.58 Å². The van der Waals surface area contributed by atoms with Crippen LogP contribution in [0.5, 0.6) is 5.75 Å². The zero-order valence-corrected chi connectivity index (χ0v) is 10.6. The maximum Gasteiger partial charge on any atom is 0.122 e. The van der Waals surface area contributed by atoms with Crippen LogP contribution >= 0.6 is 0 Å². The Kier molecular flexibility index (Phi) is 4.79. The first kappa shape index (κ1) is 13.1. The molecule has 98 valence electrons. The summed E-state index contributed by atoms with van der Waals surface area (Å²) in [5.74, 6) is 0.836. The molecular formula is C15H21NO2. The Bertz CT molecular complexity index is 388. The largest absolute Gasteiger partial charge is 0.491 e. The van der Waals surface area contributed by atoms with Crippen molar-refractivity contribution < 1.29 is 9.84 Å². The van der Waals surface area contributed by atoms with Crippen molar-refractivity contribution >= 4 is 0 Å². The topological polar surface area (TPSA) is 41.5 Å². The standard InChI is InChI=1S/C15H21NO2/c1-2-5-12-6-3-4-7-15(12)18-11-14(17)10-16-13-8-9-13/h2-4,6-7,13-14,16-17H,1,5,8-11H2. The SMILES string of the molecule is C=CCc1ccccc1OCC(O)CNC1CC1. The molecule has 1 aliphatic carbocycles. The van der Waals surface area contributed by atoms with E-state index in [4.69, 9.17) is 4.74 Å². The van der Waals surface area contributed by atoms with Crippen LogP contribution in [0, 0.1) is 0 Å². The number of aliphatic hydroxyl groups excluding tert-OH is 1. The summed E-state index contributed by atoms with van der Waals surface area (Å²) >= 11 is 0. The van der Waals surface area contributed by atoms with Crippen LogP contribution in [0.25, 0.3) is 0 Å². The Labute approximate surface area is 108 Å². The number of nitrogens with one attached hydrogen (secondary N) is 1. The molecule has 1 unspecified atom stereocenters. The number of hydrogen-bond donors (Lipinski definition) is 2. The van der Waals surface area contributed by atoms with Crippen LogP contribution in [-0.4, -0.2) is 30.4 Å². The van der Waals surface area contributed by atoms with Crippen LogP contribution < -0.4 is 10.1 Å². The maximum absolute atomic E-state index is 9.80. The highest BCUT2D eigenvalue weighted by Crippen LogP contribution is 2.20. The molecule has 18 heavy (non-hydrogen) atoms. The van der Waals surface area contributed by atoms with Crippen LogP contribution in [0.1, 0.15) is 18.4 Å². The molecule has 0 bridgehead atoms. The second-order valence-electron chi connectivity index (χ2n) is 4.75. The summed E-state index contributed by atoms with van der Waals surface area (Å²) in [5.41, 5.74) is 1.11. The van der Waals surface area contributed by atoms with Crippen molar-refractivity contribution in [2.45, 2.75) is 31.4 Å². The third-order valence-electron chi connectivity index (χ3n) is 2.99. The minimum atomic E-state index is -0.456. The molecule has 2 N–H and O–H groups in total. The predicted molar refractivity (Wildman–Crippen MR) is 72.9 cm³/mol. The molecule has 3 heteroatoms. The normalized spacial score (nSPS) is 16.3. The van der Waals surface area contributed by atoms with Gasteiger partial charge in [-0.1, -0.05) is 24.3 Å². The molecule has 1 aromatic carbocycles. The molecule has 1 fully saturated rings. The van der Waals surface area contributed by atoms with E-state index < -0.39 is 6.10 Å². The van der Waals surface area contributed by atoms with Crippen LogP contribution in [0.3, 0.4) is 0 Å². The molecule has 0 saturated heterocycles. The zero-order valence-electron chi connectivity index (χ0n) is 10.6. The van der Waals surface area contributed by atoms with E-state index in [0.717, 1.165) is 17.7 Å². The molecule has 0 amide bonds. The molecule has 0 spiro atoms. The van der Waals surface area contributed by atoms with Crippen molar-refractivity contribution in [2.75, 3.05) is 13.2 Å². The summed E-state index contributed by atoms with van der Waals surface area (Å²) < 4.78 is 5.67. The van der Waals surface area contributed by atoms with E-state index >= 15 is 0 Å². The summed E-state index contributed by atoms with van der Waals surface area (Å²) in [4.78, 5) is 0. The lowest BCUT2D eigenvalue weighted by Crippen LogP contribution is -2.32. The number of ether oxygens (including phenoxy) is 1. The molecule has 0 radical (unpaired) electrons. The van der Waals surface area contributed by atoms with Crippen molar-refractivity contribution in [3.63, 3.8) is 0 Å². The van der Waals surface area contributed by atoms with E-state index in [9.17, 15) is 5.11 Å². The summed E-state index contributed by atoms with van der Waals surface area (Å²) in [6, 6.07) is 8.49. The van der Waals surface area contributed by atoms with Crippen LogP contribution in [-0.2, 0) is 6.42 Å². The van der Waals surface area contributed by atoms with E-state index in [-0.39, 0.29) is 0 Å². The molecule has 3 nitrogen and oxygen atoms in total. The summed E-state index contributed by atoms with van der Waals surface area (Å²) in [6.45, 7) is 4.67. The molecule has 1 aliphatic rings. The second kappa shape index (κ2) is 6.57. The fourth-order valence-electron chi connectivity index (χ4n) is 1.80. The average molecular weight is 247 g/mol. The van der Waals surface area contributed by atoms with E-state index in [2.05, 4.69) is 11.9 Å². The minimum absolute atomic E-state index is 0.327. The number of rotatable bonds is 8. The molecular weight excluding hydrogens is 226 g/mol. The molecule has 1 aromatic rings. The van der Waals surface area contributed by atoms with Gasteiger partial charge in [0.2, 0.25) is 0 Å². The maximum atomic E-state index is 9.80. The van der Waals surface area contributed by atoms with Crippen molar-refractivity contribution in [1.82, 2.24) is 5.32 Å². The van der Waals surface area contributed by atoms with Gasteiger partial charge in [-0.05, 0) is 30.9 Å². The van der Waals surface area contributed by atoms with Crippen LogP contribution in [0.4, 0.5) is 0 Å². The number of para-hydroxylation sites is 1. The first-order valence-electron chi connectivity index (χ1n) is 6.52. The molecule has 0 heterocycles. The quantitative estimate of drug-likeness (QED) is 0.689. The van der Waals surface area contributed by atoms with Crippen LogP contribution in [0.15, 0.2) is 36.9 Å². The van der Waals surface area contributed by atoms with Gasteiger partial charge in [-0.2, -0.15) is 0 Å². The molecule has 2 rings (SSSR count). The van der Waals surface area contributed by atoms with Gasteiger partial charge in [0.15, 0.2) is 0 Å². The highest BCUT2D eigenvalue weighted by Gasteiger charge is 2.21. The van der Waals surface area contributed by atoms with Crippen molar-refractivity contribution in [2.24, 2.45) is 0 Å². The van der Waals surface area contributed by atoms with Gasteiger partial charge < -0.3 is 15.2 Å². The summed E-state index contributed by atoms with van der Waals surface area (Å²) in [7, 11) is 0. The Morgan fingerprint density at radius 2 is 2.22 bits per heavy atom. The van der Waals surface area contributed by atoms with Crippen LogP contribution in [0.2, 0.25) is 0 Å². The van der Waals surface area contributed by atoms with Gasteiger partial charge in [0.25, 0.3) is 0 Å². The van der Waals surface area contributed by atoms with Crippen molar-refractivity contribution in [3.8, 4) is 5.75 Å². The third kappa shape index (κ3) is 4.17. The summed E-state index contributed by atoms with van der Waals surface area (Å²) in [5, 5.41) is 13.1. The molecule has 1 atom stereocenters. The average Bonchev–Trinajstić information content (AvgIpc) is 3.20. The van der Waals surface area contributed by atoms with Gasteiger partial charge >= 0.3 is 0 Å². The van der Waals surface area contributed by atoms with Gasteiger partial charge in [0.1, 0.15) is 18.5 Å². The Morgan fingerprint density at radius 1 is 1.44 bits per heavy atom. The molecule has 0 aliphatic heterocycles. The van der Waals surface area contributed by atoms with Crippen molar-refractivity contribution in [3.05, 3.63) is 42.5 Å². The third-order valence-corrected chi connectivity index (χ3v) is 2.99. The second-order valence-corrected chi connectivity index (χ2v) is 4.75. The molecule has 1 saturated carbocycles. The number of hydrogen-bond acceptors (Lipinski definition) is 3. The fourth-order valence-corrected chi connectivity index (χ4v) is 1.80. The van der Waals surface area contributed by atoms with E-state index in [1.165, 1.54) is 12.8 Å². The fraction of sp³-hybridized carbons (Fsp3) is 0.467. The molecule has 0 aromatic heterocycles. The first-order chi connectivity index (χ1) is 8.79. The Morgan fingerprint density at radius 3 is 2.94 bits per heavy atom. The predicted octanol–water partition coefficient (Wildman–Crippen LogP) is 1.91. The summed E-state index contributed by atoms with van der Waals surface area (Å²) in [6.07, 6.45) is 4.65. The number of aliphatic hydroxyl groups is 1. The minimum Gasteiger partial charge on any atom is -0.491 e. The Balaban J connectivity index is 1.78. The lowest BCUT2D eigenvalue weighted by Gasteiger charge is -2.15. The van der Waals surface area contributed by atoms with Gasteiger partial charge in [-0.3, -0.25) is 0 Å². The zero-order chi connectivity index (χ0) is 12.8. The van der Waals surface area contributed by atoms with Gasteiger partial charge in [0.05, 0.1) is 0 Å². The lowest BCUT2D eigenvalue weighted by molar-refractivity contribution is 0.105.